The van der Waals surface area contributed by atoms with Gasteiger partial charge in [0.15, 0.2) is 5.79 Å². The van der Waals surface area contributed by atoms with E-state index in [1.165, 1.54) is 0 Å². The van der Waals surface area contributed by atoms with Gasteiger partial charge in [0.1, 0.15) is 12.1 Å². The third-order valence-electron chi connectivity index (χ3n) is 5.66. The molecule has 0 saturated heterocycles. The average molecular weight is 413 g/mol. The highest BCUT2D eigenvalue weighted by Gasteiger charge is 2.55. The fourth-order valence-electron chi connectivity index (χ4n) is 4.19. The molecule has 3 unspecified atom stereocenters. The van der Waals surface area contributed by atoms with E-state index in [4.69, 9.17) is 19.2 Å². The molecule has 0 bridgehead atoms. The van der Waals surface area contributed by atoms with Crippen LogP contribution in [0.4, 0.5) is 4.39 Å². The standard InChI is InChI=1S/C24H29FN2O3/c1-2-26-23-27-22-21(30-23)13-20(15-25)14-24(22,28-16-18-9-5-3-6-10-18)29-17-19-11-7-4-8-12-19/h3-12,20-22H,2,13-17H2,1H3,(H,26,27). The molecule has 3 atom stereocenters. The van der Waals surface area contributed by atoms with Crippen LogP contribution in [0, 0.1) is 5.92 Å². The minimum absolute atomic E-state index is 0.200. The van der Waals surface area contributed by atoms with Gasteiger partial charge in [-0.3, -0.25) is 4.39 Å². The molecule has 30 heavy (non-hydrogen) atoms. The van der Waals surface area contributed by atoms with Crippen molar-refractivity contribution in [1.82, 2.24) is 5.32 Å². The highest BCUT2D eigenvalue weighted by Crippen LogP contribution is 2.43. The van der Waals surface area contributed by atoms with Crippen LogP contribution in [0.5, 0.6) is 0 Å². The Balaban J connectivity index is 1.61. The third kappa shape index (κ3) is 4.65. The van der Waals surface area contributed by atoms with Crippen LogP contribution >= 0.6 is 0 Å². The van der Waals surface area contributed by atoms with Gasteiger partial charge >= 0.3 is 0 Å². The zero-order chi connectivity index (χ0) is 20.8. The first-order valence-corrected chi connectivity index (χ1v) is 10.6. The highest BCUT2D eigenvalue weighted by atomic mass is 19.1. The summed E-state index contributed by atoms with van der Waals surface area (Å²) < 4.78 is 32.7. The van der Waals surface area contributed by atoms with Gasteiger partial charge in [-0.25, -0.2) is 4.99 Å². The maximum Gasteiger partial charge on any atom is 0.285 e. The molecule has 1 N–H and O–H groups in total. The molecular weight excluding hydrogens is 383 g/mol. The monoisotopic (exact) mass is 412 g/mol. The van der Waals surface area contributed by atoms with Gasteiger partial charge in [0.25, 0.3) is 6.02 Å². The molecule has 0 amide bonds. The Kier molecular flexibility index (Phi) is 6.65. The number of hydrogen-bond acceptors (Lipinski definition) is 5. The molecule has 2 aromatic carbocycles. The lowest BCUT2D eigenvalue weighted by Gasteiger charge is -2.44. The molecule has 1 fully saturated rings. The minimum atomic E-state index is -1.05. The number of nitrogens with one attached hydrogen (secondary N) is 1. The number of benzene rings is 2. The van der Waals surface area contributed by atoms with Gasteiger partial charge in [0.2, 0.25) is 0 Å². The predicted molar refractivity (Wildman–Crippen MR) is 114 cm³/mol. The van der Waals surface area contributed by atoms with E-state index in [-0.39, 0.29) is 18.1 Å². The summed E-state index contributed by atoms with van der Waals surface area (Å²) in [5.41, 5.74) is 2.07. The quantitative estimate of drug-likeness (QED) is 0.660. The summed E-state index contributed by atoms with van der Waals surface area (Å²) in [6.45, 7) is 2.99. The summed E-state index contributed by atoms with van der Waals surface area (Å²) in [5, 5.41) is 3.14. The number of nitrogens with zero attached hydrogens (tertiary/aromatic N) is 1. The molecule has 0 spiro atoms. The number of halogens is 1. The molecular formula is C24H29FN2O3. The number of hydrogen-bond donors (Lipinski definition) is 1. The SMILES string of the molecule is CCNC1=NC2C(CC(CF)CC2(OCc2ccccc2)OCc2ccccc2)O1. The first-order chi connectivity index (χ1) is 14.7. The van der Waals surface area contributed by atoms with Crippen molar-refractivity contribution in [1.29, 1.82) is 0 Å². The molecule has 2 aromatic rings. The molecule has 1 aliphatic carbocycles. The van der Waals surface area contributed by atoms with Crippen molar-refractivity contribution in [3.8, 4) is 0 Å². The van der Waals surface area contributed by atoms with Crippen LogP contribution < -0.4 is 5.32 Å². The lowest BCUT2D eigenvalue weighted by Crippen LogP contribution is -2.56. The molecule has 5 nitrogen and oxygen atoms in total. The fraction of sp³-hybridized carbons (Fsp3) is 0.458. The van der Waals surface area contributed by atoms with E-state index in [1.54, 1.807) is 0 Å². The second-order valence-corrected chi connectivity index (χ2v) is 7.89. The highest BCUT2D eigenvalue weighted by molar-refractivity contribution is 5.75. The first kappa shape index (κ1) is 20.8. The summed E-state index contributed by atoms with van der Waals surface area (Å²) >= 11 is 0. The van der Waals surface area contributed by atoms with Crippen molar-refractivity contribution in [2.45, 2.75) is 50.9 Å². The number of alkyl halides is 1. The Bertz CT molecular complexity index is 787. The van der Waals surface area contributed by atoms with Crippen LogP contribution in [-0.4, -0.2) is 37.2 Å². The van der Waals surface area contributed by atoms with Crippen molar-refractivity contribution in [3.63, 3.8) is 0 Å². The van der Waals surface area contributed by atoms with E-state index in [2.05, 4.69) is 5.32 Å². The van der Waals surface area contributed by atoms with Crippen LogP contribution in [0.3, 0.4) is 0 Å². The van der Waals surface area contributed by atoms with Crippen molar-refractivity contribution in [2.75, 3.05) is 13.2 Å². The number of fused-ring (bicyclic) bond motifs is 1. The Labute approximate surface area is 177 Å². The van der Waals surface area contributed by atoms with Gasteiger partial charge in [-0.1, -0.05) is 60.7 Å². The zero-order valence-corrected chi connectivity index (χ0v) is 17.3. The van der Waals surface area contributed by atoms with Gasteiger partial charge in [-0.2, -0.15) is 0 Å². The summed E-state index contributed by atoms with van der Waals surface area (Å²) in [6, 6.07) is 20.0. The van der Waals surface area contributed by atoms with Crippen LogP contribution in [-0.2, 0) is 27.4 Å². The van der Waals surface area contributed by atoms with Crippen LogP contribution in [0.15, 0.2) is 65.7 Å². The number of rotatable bonds is 8. The number of ether oxygens (including phenoxy) is 3. The van der Waals surface area contributed by atoms with Crippen molar-refractivity contribution < 1.29 is 18.6 Å². The topological polar surface area (TPSA) is 52.1 Å². The molecule has 4 rings (SSSR count). The largest absolute Gasteiger partial charge is 0.459 e. The molecule has 1 aliphatic heterocycles. The van der Waals surface area contributed by atoms with Crippen LogP contribution in [0.2, 0.25) is 0 Å². The predicted octanol–water partition coefficient (Wildman–Crippen LogP) is 4.23. The Hall–Kier alpha value is -2.44. The normalized spacial score (nSPS) is 24.6. The number of amidine groups is 1. The lowest BCUT2D eigenvalue weighted by atomic mass is 9.80. The first-order valence-electron chi connectivity index (χ1n) is 10.6. The summed E-state index contributed by atoms with van der Waals surface area (Å²) in [6.07, 6.45) is 0.779. The summed E-state index contributed by atoms with van der Waals surface area (Å²) in [7, 11) is 0. The van der Waals surface area contributed by atoms with E-state index >= 15 is 0 Å². The van der Waals surface area contributed by atoms with E-state index in [1.807, 2.05) is 67.6 Å². The van der Waals surface area contributed by atoms with Crippen LogP contribution in [0.1, 0.15) is 30.9 Å². The van der Waals surface area contributed by atoms with Crippen LogP contribution in [0.25, 0.3) is 0 Å². The van der Waals surface area contributed by atoms with E-state index in [0.717, 1.165) is 11.1 Å². The molecule has 0 aromatic heterocycles. The van der Waals surface area contributed by atoms with Gasteiger partial charge in [-0.15, -0.1) is 0 Å². The van der Waals surface area contributed by atoms with Crippen molar-refractivity contribution in [2.24, 2.45) is 10.9 Å². The fourth-order valence-corrected chi connectivity index (χ4v) is 4.19. The van der Waals surface area contributed by atoms with Gasteiger partial charge < -0.3 is 19.5 Å². The average Bonchev–Trinajstić information content (AvgIpc) is 3.21. The lowest BCUT2D eigenvalue weighted by molar-refractivity contribution is -0.288. The van der Waals surface area contributed by atoms with E-state index < -0.39 is 12.5 Å². The van der Waals surface area contributed by atoms with E-state index in [0.29, 0.717) is 38.6 Å². The maximum atomic E-state index is 13.8. The molecule has 160 valence electrons. The Morgan fingerprint density at radius 2 is 1.63 bits per heavy atom. The second-order valence-electron chi connectivity index (χ2n) is 7.89. The van der Waals surface area contributed by atoms with Gasteiger partial charge in [-0.05, 0) is 30.4 Å². The summed E-state index contributed by atoms with van der Waals surface area (Å²) in [5.74, 6) is -1.25. The zero-order valence-electron chi connectivity index (χ0n) is 17.3. The smallest absolute Gasteiger partial charge is 0.285 e. The van der Waals surface area contributed by atoms with Crippen molar-refractivity contribution >= 4 is 6.02 Å². The Morgan fingerprint density at radius 3 is 2.17 bits per heavy atom. The molecule has 0 radical (unpaired) electrons. The maximum absolute atomic E-state index is 13.8. The Morgan fingerprint density at radius 1 is 1.03 bits per heavy atom. The molecule has 1 saturated carbocycles. The van der Waals surface area contributed by atoms with Crippen molar-refractivity contribution in [3.05, 3.63) is 71.8 Å². The van der Waals surface area contributed by atoms with E-state index in [9.17, 15) is 4.39 Å². The van der Waals surface area contributed by atoms with Gasteiger partial charge in [0.05, 0.1) is 19.9 Å². The molecule has 2 aliphatic rings. The third-order valence-corrected chi connectivity index (χ3v) is 5.66. The molecule has 6 heteroatoms. The summed E-state index contributed by atoms with van der Waals surface area (Å²) in [4.78, 5) is 4.76. The van der Waals surface area contributed by atoms with Gasteiger partial charge in [0, 0.05) is 13.0 Å². The minimum Gasteiger partial charge on any atom is -0.459 e. The second kappa shape index (κ2) is 9.58. The number of aliphatic imine (C=N–C) groups is 1. The molecule has 1 heterocycles.